The molecule has 0 atom stereocenters. The quantitative estimate of drug-likeness (QED) is 0.264. The van der Waals surface area contributed by atoms with Crippen LogP contribution in [0.25, 0.3) is 15.9 Å². The first-order chi connectivity index (χ1) is 11.8. The lowest BCUT2D eigenvalue weighted by atomic mass is 10.3. The summed E-state index contributed by atoms with van der Waals surface area (Å²) < 4.78 is 3.25. The second kappa shape index (κ2) is 6.06. The lowest BCUT2D eigenvalue weighted by Crippen LogP contribution is -2.20. The van der Waals surface area contributed by atoms with Crippen molar-refractivity contribution in [1.82, 2.24) is 14.4 Å². The van der Waals surface area contributed by atoms with Gasteiger partial charge in [-0.05, 0) is 36.0 Å². The smallest absolute Gasteiger partial charge is 0.267 e. The molecule has 24 heavy (non-hydrogen) atoms. The molecule has 0 amide bonds. The van der Waals surface area contributed by atoms with Gasteiger partial charge in [-0.15, -0.1) is 11.3 Å². The second-order valence-corrected chi connectivity index (χ2v) is 7.13. The van der Waals surface area contributed by atoms with Gasteiger partial charge in [-0.25, -0.2) is 9.97 Å². The van der Waals surface area contributed by atoms with Gasteiger partial charge in [0.25, 0.3) is 5.56 Å². The molecule has 4 rings (SSSR count). The van der Waals surface area contributed by atoms with E-state index in [1.165, 1.54) is 27.5 Å². The topological polar surface area (TPSA) is 79.8 Å². The van der Waals surface area contributed by atoms with Crippen LogP contribution in [-0.4, -0.2) is 25.8 Å². The van der Waals surface area contributed by atoms with Gasteiger partial charge in [0, 0.05) is 6.20 Å². The van der Waals surface area contributed by atoms with E-state index in [1.807, 2.05) is 30.3 Å². The van der Waals surface area contributed by atoms with E-state index in [-0.39, 0.29) is 11.1 Å². The molecule has 3 aromatic heterocycles. The van der Waals surface area contributed by atoms with Crippen molar-refractivity contribution < 1.29 is 5.21 Å². The second-order valence-electron chi connectivity index (χ2n) is 4.86. The van der Waals surface area contributed by atoms with Gasteiger partial charge in [-0.3, -0.25) is 9.20 Å². The summed E-state index contributed by atoms with van der Waals surface area (Å²) in [5.41, 5.74) is 1.37. The number of hydrogen-bond donors (Lipinski definition) is 1. The van der Waals surface area contributed by atoms with E-state index < -0.39 is 0 Å². The number of para-hydroxylation sites is 1. The highest BCUT2D eigenvalue weighted by Crippen LogP contribution is 2.34. The van der Waals surface area contributed by atoms with Crippen LogP contribution in [-0.2, 0) is 0 Å². The number of aromatic nitrogens is 3. The molecule has 8 heteroatoms. The van der Waals surface area contributed by atoms with E-state index in [1.54, 1.807) is 18.3 Å². The van der Waals surface area contributed by atoms with E-state index in [9.17, 15) is 4.79 Å². The maximum absolute atomic E-state index is 12.6. The average Bonchev–Trinajstić information content (AvgIpc) is 3.01. The molecule has 0 unspecified atom stereocenters. The fourth-order valence-electron chi connectivity index (χ4n) is 2.31. The molecule has 118 valence electrons. The molecule has 1 N–H and O–H groups in total. The van der Waals surface area contributed by atoms with Crippen LogP contribution in [0.5, 0.6) is 0 Å². The summed E-state index contributed by atoms with van der Waals surface area (Å²) in [6.45, 7) is 0. The normalized spacial score (nSPS) is 11.7. The molecular weight excluding hydrogens is 344 g/mol. The standard InChI is InChI=1S/C16H10N4O2S2/c21-15-10(9-17-22)14(19-13-7-3-4-8-20(13)15)24-16-18-11-5-1-2-6-12(11)23-16/h1-9,22H/b17-9+. The van der Waals surface area contributed by atoms with Gasteiger partial charge < -0.3 is 5.21 Å². The van der Waals surface area contributed by atoms with Crippen molar-refractivity contribution in [1.29, 1.82) is 0 Å². The molecule has 0 bridgehead atoms. The Hall–Kier alpha value is -2.71. The summed E-state index contributed by atoms with van der Waals surface area (Å²) in [6.07, 6.45) is 2.75. The summed E-state index contributed by atoms with van der Waals surface area (Å²) >= 11 is 2.82. The number of fused-ring (bicyclic) bond motifs is 2. The molecule has 0 saturated heterocycles. The molecule has 4 aromatic rings. The highest BCUT2D eigenvalue weighted by Gasteiger charge is 2.15. The van der Waals surface area contributed by atoms with Gasteiger partial charge in [0.2, 0.25) is 0 Å². The summed E-state index contributed by atoms with van der Waals surface area (Å²) in [5.74, 6) is 0. The van der Waals surface area contributed by atoms with E-state index in [4.69, 9.17) is 5.21 Å². The summed E-state index contributed by atoms with van der Waals surface area (Å²) in [6, 6.07) is 13.1. The molecule has 0 fully saturated rings. The molecule has 0 aliphatic heterocycles. The number of thiazole rings is 1. The van der Waals surface area contributed by atoms with E-state index in [2.05, 4.69) is 15.1 Å². The van der Waals surface area contributed by atoms with Crippen LogP contribution in [0.4, 0.5) is 0 Å². The van der Waals surface area contributed by atoms with Crippen LogP contribution in [0.3, 0.4) is 0 Å². The zero-order chi connectivity index (χ0) is 16.5. The monoisotopic (exact) mass is 354 g/mol. The van der Waals surface area contributed by atoms with E-state index >= 15 is 0 Å². The Kier molecular flexibility index (Phi) is 3.75. The Morgan fingerprint density at radius 2 is 2.00 bits per heavy atom. The van der Waals surface area contributed by atoms with Gasteiger partial charge in [-0.1, -0.05) is 23.4 Å². The Balaban J connectivity index is 1.88. The number of pyridine rings is 1. The summed E-state index contributed by atoms with van der Waals surface area (Å²) in [4.78, 5) is 21.6. The SMILES string of the molecule is O=c1c(/C=N/O)c(Sc2nc3ccccc3s2)nc2ccccn12. The van der Waals surface area contributed by atoms with Gasteiger partial charge in [0.15, 0.2) is 4.34 Å². The number of rotatable bonds is 3. The molecule has 1 aromatic carbocycles. The first-order valence-electron chi connectivity index (χ1n) is 6.98. The van der Waals surface area contributed by atoms with Crippen molar-refractivity contribution in [3.8, 4) is 0 Å². The van der Waals surface area contributed by atoms with E-state index in [0.29, 0.717) is 10.7 Å². The minimum Gasteiger partial charge on any atom is -0.411 e. The van der Waals surface area contributed by atoms with Crippen LogP contribution in [0.2, 0.25) is 0 Å². The Morgan fingerprint density at radius 3 is 2.83 bits per heavy atom. The number of oxime groups is 1. The zero-order valence-electron chi connectivity index (χ0n) is 12.2. The van der Waals surface area contributed by atoms with Crippen LogP contribution in [0.1, 0.15) is 5.56 Å². The maximum Gasteiger partial charge on any atom is 0.267 e. The average molecular weight is 354 g/mol. The summed E-state index contributed by atoms with van der Waals surface area (Å²) in [5, 5.41) is 12.4. The van der Waals surface area contributed by atoms with Gasteiger partial charge >= 0.3 is 0 Å². The molecule has 0 radical (unpaired) electrons. The zero-order valence-corrected chi connectivity index (χ0v) is 13.8. The third kappa shape index (κ3) is 2.55. The minimum absolute atomic E-state index is 0.227. The molecule has 0 aliphatic rings. The number of nitrogens with zero attached hydrogens (tertiary/aromatic N) is 4. The maximum atomic E-state index is 12.6. The lowest BCUT2D eigenvalue weighted by Gasteiger charge is -2.05. The van der Waals surface area contributed by atoms with Crippen LogP contribution in [0, 0.1) is 0 Å². The highest BCUT2D eigenvalue weighted by molar-refractivity contribution is 8.01. The van der Waals surface area contributed by atoms with Crippen LogP contribution >= 0.6 is 23.1 Å². The fraction of sp³-hybridized carbons (Fsp3) is 0. The molecule has 0 aliphatic carbocycles. The van der Waals surface area contributed by atoms with Crippen molar-refractivity contribution in [2.45, 2.75) is 9.37 Å². The Morgan fingerprint density at radius 1 is 1.17 bits per heavy atom. The van der Waals surface area contributed by atoms with Gasteiger partial charge in [-0.2, -0.15) is 0 Å². The molecule has 0 saturated carbocycles. The Labute approximate surface area is 144 Å². The third-order valence-corrected chi connectivity index (χ3v) is 5.48. The fourth-order valence-corrected chi connectivity index (χ4v) is 4.37. The summed E-state index contributed by atoms with van der Waals surface area (Å²) in [7, 11) is 0. The highest BCUT2D eigenvalue weighted by atomic mass is 32.2. The minimum atomic E-state index is -0.290. The largest absolute Gasteiger partial charge is 0.411 e. The van der Waals surface area contributed by atoms with Crippen molar-refractivity contribution in [3.63, 3.8) is 0 Å². The van der Waals surface area contributed by atoms with Gasteiger partial charge in [0.05, 0.1) is 22.0 Å². The number of benzene rings is 1. The lowest BCUT2D eigenvalue weighted by molar-refractivity contribution is 0.321. The molecule has 0 spiro atoms. The number of hydrogen-bond acceptors (Lipinski definition) is 7. The first-order valence-corrected chi connectivity index (χ1v) is 8.62. The van der Waals surface area contributed by atoms with E-state index in [0.717, 1.165) is 20.8 Å². The van der Waals surface area contributed by atoms with Crippen molar-refractivity contribution in [3.05, 3.63) is 64.6 Å². The molecule has 3 heterocycles. The van der Waals surface area contributed by atoms with Crippen LogP contribution < -0.4 is 5.56 Å². The van der Waals surface area contributed by atoms with Crippen molar-refractivity contribution in [2.75, 3.05) is 0 Å². The van der Waals surface area contributed by atoms with Crippen LogP contribution in [0.15, 0.2) is 68.0 Å². The Bertz CT molecular complexity index is 1100. The predicted octanol–water partition coefficient (Wildman–Crippen LogP) is 3.26. The third-order valence-electron chi connectivity index (χ3n) is 3.38. The molecular formula is C16H10N4O2S2. The first kappa shape index (κ1) is 14.9. The molecule has 6 nitrogen and oxygen atoms in total. The van der Waals surface area contributed by atoms with Gasteiger partial charge in [0.1, 0.15) is 10.7 Å². The van der Waals surface area contributed by atoms with Crippen molar-refractivity contribution in [2.24, 2.45) is 5.16 Å². The van der Waals surface area contributed by atoms with Crippen molar-refractivity contribution >= 4 is 45.2 Å². The predicted molar refractivity (Wildman–Crippen MR) is 94.6 cm³/mol.